The average Bonchev–Trinajstić information content (AvgIpc) is 2.88. The maximum atomic E-state index is 12.5. The van der Waals surface area contributed by atoms with Crippen molar-refractivity contribution in [3.8, 4) is 11.5 Å². The Bertz CT molecular complexity index is 1180. The van der Waals surface area contributed by atoms with Crippen LogP contribution in [-0.4, -0.2) is 30.7 Å². The number of amides is 1. The number of rotatable bonds is 9. The summed E-state index contributed by atoms with van der Waals surface area (Å²) in [5, 5.41) is 31.5. The first-order valence-corrected chi connectivity index (χ1v) is 10.1. The Labute approximate surface area is 196 Å². The van der Waals surface area contributed by atoms with Gasteiger partial charge in [-0.25, -0.2) is 10.6 Å². The van der Waals surface area contributed by atoms with Crippen LogP contribution in [0.5, 0.6) is 11.5 Å². The summed E-state index contributed by atoms with van der Waals surface area (Å²) in [6.45, 7) is 3.93. The average molecular weight is 461 g/mol. The number of nitrogens with zero attached hydrogens (tertiary/aromatic N) is 3. The summed E-state index contributed by atoms with van der Waals surface area (Å²) in [4.78, 5) is 12.5. The molecule has 0 fully saturated rings. The summed E-state index contributed by atoms with van der Waals surface area (Å²) < 4.78 is 11.0. The lowest BCUT2D eigenvalue weighted by Gasteiger charge is -2.11. The van der Waals surface area contributed by atoms with Gasteiger partial charge in [-0.1, -0.05) is 30.9 Å². The summed E-state index contributed by atoms with van der Waals surface area (Å²) >= 11 is 0. The Morgan fingerprint density at radius 3 is 2.47 bits per heavy atom. The first-order chi connectivity index (χ1) is 16.5. The van der Waals surface area contributed by atoms with Crippen molar-refractivity contribution >= 4 is 23.1 Å². The highest BCUT2D eigenvalue weighted by Crippen LogP contribution is 2.29. The molecule has 0 radical (unpaired) electrons. The van der Waals surface area contributed by atoms with Crippen molar-refractivity contribution in [3.05, 3.63) is 102 Å². The number of azo groups is 1. The molecule has 1 amide bonds. The second-order valence-corrected chi connectivity index (χ2v) is 6.76. The number of ether oxygens (including phenoxy) is 2. The Balaban J connectivity index is 1.92. The van der Waals surface area contributed by atoms with E-state index in [-0.39, 0.29) is 11.5 Å². The number of quaternary nitrogens is 1. The molecular formula is C24H23N5O5. The number of hydrogen-bond acceptors (Lipinski definition) is 7. The van der Waals surface area contributed by atoms with Crippen molar-refractivity contribution in [2.45, 2.75) is 0 Å². The summed E-state index contributed by atoms with van der Waals surface area (Å²) in [6, 6.07) is 19.5. The zero-order valence-corrected chi connectivity index (χ0v) is 18.3. The predicted molar refractivity (Wildman–Crippen MR) is 126 cm³/mol. The topological polar surface area (TPSA) is 132 Å². The lowest BCUT2D eigenvalue weighted by molar-refractivity contribution is -0.991. The van der Waals surface area contributed by atoms with E-state index in [0.29, 0.717) is 34.9 Å². The van der Waals surface area contributed by atoms with Crippen LogP contribution in [0.2, 0.25) is 0 Å². The molecule has 174 valence electrons. The van der Waals surface area contributed by atoms with Crippen molar-refractivity contribution in [1.82, 2.24) is 5.43 Å². The van der Waals surface area contributed by atoms with Crippen LogP contribution >= 0.6 is 0 Å². The molecule has 0 saturated heterocycles. The van der Waals surface area contributed by atoms with Crippen LogP contribution in [0.25, 0.3) is 0 Å². The lowest BCUT2D eigenvalue weighted by Crippen LogP contribution is -2.99. The molecular weight excluding hydrogens is 438 g/mol. The van der Waals surface area contributed by atoms with Gasteiger partial charge in [0.05, 0.1) is 12.8 Å². The number of carbonyl (C=O) groups is 1. The Hall–Kier alpha value is -4.38. The molecule has 0 aromatic heterocycles. The van der Waals surface area contributed by atoms with Crippen LogP contribution in [0, 0.1) is 5.21 Å². The maximum absolute atomic E-state index is 12.5. The van der Waals surface area contributed by atoms with Gasteiger partial charge in [0.2, 0.25) is 5.84 Å². The number of nitrogens with one attached hydrogen (secondary N) is 2. The molecule has 10 nitrogen and oxygen atoms in total. The Morgan fingerprint density at radius 1 is 1.09 bits per heavy atom. The van der Waals surface area contributed by atoms with Crippen molar-refractivity contribution in [2.75, 3.05) is 13.7 Å². The van der Waals surface area contributed by atoms with Crippen molar-refractivity contribution < 1.29 is 24.7 Å². The van der Waals surface area contributed by atoms with Gasteiger partial charge in [0, 0.05) is 23.3 Å². The Morgan fingerprint density at radius 2 is 1.82 bits per heavy atom. The first-order valence-electron chi connectivity index (χ1n) is 10.1. The molecule has 3 aromatic rings. The summed E-state index contributed by atoms with van der Waals surface area (Å²) in [5.41, 5.74) is 3.94. The minimum absolute atomic E-state index is 0.0974. The molecule has 34 heavy (non-hydrogen) atoms. The van der Waals surface area contributed by atoms with E-state index in [2.05, 4.69) is 27.3 Å². The van der Waals surface area contributed by atoms with Crippen molar-refractivity contribution in [1.29, 1.82) is 0 Å². The number of benzene rings is 3. The molecule has 0 saturated carbocycles. The molecule has 3 N–H and O–H groups in total. The van der Waals surface area contributed by atoms with Crippen molar-refractivity contribution in [2.24, 2.45) is 15.3 Å². The molecule has 0 heterocycles. The number of carbonyl (C=O) groups excluding carboxylic acids is 1. The molecule has 0 aliphatic rings. The highest BCUT2D eigenvalue weighted by Gasteiger charge is 2.12. The van der Waals surface area contributed by atoms with Gasteiger partial charge < -0.3 is 14.7 Å². The second kappa shape index (κ2) is 12.0. The van der Waals surface area contributed by atoms with E-state index in [1.54, 1.807) is 54.6 Å². The number of hydrazone groups is 1. The number of hydrogen-bond donors (Lipinski definition) is 3. The third-order valence-electron chi connectivity index (χ3n) is 4.45. The fourth-order valence-electron chi connectivity index (χ4n) is 2.75. The minimum atomic E-state index is -1.04. The number of amidine groups is 1. The highest BCUT2D eigenvalue weighted by molar-refractivity contribution is 6.01. The second-order valence-electron chi connectivity index (χ2n) is 6.76. The first kappa shape index (κ1) is 24.3. The summed E-state index contributed by atoms with van der Waals surface area (Å²) in [6.07, 6.45) is 1.61. The van der Waals surface area contributed by atoms with Crippen LogP contribution in [-0.2, 0) is 0 Å². The minimum Gasteiger partial charge on any atom is -0.595 e. The predicted octanol–water partition coefficient (Wildman–Crippen LogP) is 3.54. The molecule has 0 spiro atoms. The molecule has 0 bridgehead atoms. The third kappa shape index (κ3) is 6.56. The van der Waals surface area contributed by atoms with Crippen molar-refractivity contribution in [3.63, 3.8) is 0 Å². The summed E-state index contributed by atoms with van der Waals surface area (Å²) in [7, 11) is 1.50. The van der Waals surface area contributed by atoms with Crippen LogP contribution in [0.15, 0.2) is 101 Å². The fraction of sp³-hybridized carbons (Fsp3) is 0.0833. The number of methoxy groups -OCH3 is 1. The molecule has 3 aromatic carbocycles. The largest absolute Gasteiger partial charge is 0.595 e. The van der Waals surface area contributed by atoms with Gasteiger partial charge in [-0.15, -0.1) is 15.3 Å². The van der Waals surface area contributed by atoms with E-state index in [1.807, 2.05) is 0 Å². The zero-order valence-electron chi connectivity index (χ0n) is 18.3. The molecule has 1 atom stereocenters. The van der Waals surface area contributed by atoms with Gasteiger partial charge in [-0.2, -0.15) is 5.23 Å². The van der Waals surface area contributed by atoms with Gasteiger partial charge in [0.15, 0.2) is 17.2 Å². The highest BCUT2D eigenvalue weighted by atomic mass is 16.8. The van der Waals surface area contributed by atoms with E-state index in [0.717, 1.165) is 0 Å². The lowest BCUT2D eigenvalue weighted by atomic mass is 10.2. The molecule has 0 aliphatic carbocycles. The quantitative estimate of drug-likeness (QED) is 0.147. The van der Waals surface area contributed by atoms with Gasteiger partial charge in [-0.3, -0.25) is 4.79 Å². The monoisotopic (exact) mass is 461 g/mol. The fourth-order valence-corrected chi connectivity index (χ4v) is 2.75. The van der Waals surface area contributed by atoms with Gasteiger partial charge in [-0.05, 0) is 42.5 Å². The maximum Gasteiger partial charge on any atom is 0.271 e. The zero-order chi connectivity index (χ0) is 24.3. The third-order valence-corrected chi connectivity index (χ3v) is 4.45. The van der Waals surface area contributed by atoms with Crippen LogP contribution in [0.3, 0.4) is 0 Å². The molecule has 1 unspecified atom stereocenters. The van der Waals surface area contributed by atoms with Gasteiger partial charge in [0.1, 0.15) is 6.61 Å². The van der Waals surface area contributed by atoms with Gasteiger partial charge >= 0.3 is 0 Å². The van der Waals surface area contributed by atoms with Gasteiger partial charge in [0.25, 0.3) is 5.91 Å². The van der Waals surface area contributed by atoms with Crippen LogP contribution in [0.1, 0.15) is 15.9 Å². The van der Waals surface area contributed by atoms with E-state index in [9.17, 15) is 10.0 Å². The SMILES string of the molecule is C=CCOc1ccc(/C(N=Nc2ccc([NH+]([O-])O)cc2)=N/NC(=O)c2ccccc2)cc1OC. The van der Waals surface area contributed by atoms with Crippen LogP contribution < -0.4 is 20.1 Å². The molecule has 3 rings (SSSR count). The normalized spacial score (nSPS) is 12.3. The van der Waals surface area contributed by atoms with E-state index < -0.39 is 11.1 Å². The van der Waals surface area contributed by atoms with E-state index in [4.69, 9.17) is 14.7 Å². The van der Waals surface area contributed by atoms with Crippen LogP contribution in [0.4, 0.5) is 11.4 Å². The standard InChI is InChI=1S/C24H23N5O5/c1-3-15-34-21-14-9-18(16-22(21)33-2)23(27-28-24(30)17-7-5-4-6-8-17)26-25-19-10-12-20(13-11-19)29(31)32/h3-14,16,29,31H,1,15H2,2H3,(H,28,30)/b26-25?,27-23-. The Kier molecular flexibility index (Phi) is 8.58. The summed E-state index contributed by atoms with van der Waals surface area (Å²) in [5.74, 6) is 0.611. The van der Waals surface area contributed by atoms with E-state index in [1.165, 1.54) is 31.4 Å². The molecule has 0 aliphatic heterocycles. The van der Waals surface area contributed by atoms with E-state index >= 15 is 0 Å². The molecule has 10 heteroatoms. The smallest absolute Gasteiger partial charge is 0.271 e.